The molecule has 5 heteroatoms. The Hall–Kier alpha value is -1.46. The van der Waals surface area contributed by atoms with Crippen LogP contribution in [-0.4, -0.2) is 22.8 Å². The lowest BCUT2D eigenvalue weighted by Crippen LogP contribution is -2.23. The molecule has 2 aromatic heterocycles. The predicted molar refractivity (Wildman–Crippen MR) is 81.4 cm³/mol. The molecule has 0 saturated carbocycles. The summed E-state index contributed by atoms with van der Waals surface area (Å²) in [6.45, 7) is 4.68. The molecule has 100 valence electrons. The molecule has 0 unspecified atom stereocenters. The standard InChI is InChI=1S/C14H16N2OS2/c1-10-6-7-18-13(10)8-16(3)14(17)5-4-12-9-19-11(2)15-12/h4-7,9H,8H2,1-3H3/b5-4+. The fourth-order valence-corrected chi connectivity index (χ4v) is 3.14. The van der Waals surface area contributed by atoms with E-state index >= 15 is 0 Å². The monoisotopic (exact) mass is 292 g/mol. The maximum Gasteiger partial charge on any atom is 0.246 e. The van der Waals surface area contributed by atoms with Gasteiger partial charge in [-0.1, -0.05) is 0 Å². The van der Waals surface area contributed by atoms with E-state index < -0.39 is 0 Å². The summed E-state index contributed by atoms with van der Waals surface area (Å²) in [5.41, 5.74) is 2.08. The average Bonchev–Trinajstić information content (AvgIpc) is 2.96. The lowest BCUT2D eigenvalue weighted by atomic mass is 10.3. The molecule has 0 spiro atoms. The zero-order valence-electron chi connectivity index (χ0n) is 11.2. The van der Waals surface area contributed by atoms with Gasteiger partial charge >= 0.3 is 0 Å². The first-order valence-corrected chi connectivity index (χ1v) is 7.70. The Bertz CT molecular complexity index is 598. The number of nitrogens with zero attached hydrogens (tertiary/aromatic N) is 2. The first-order chi connectivity index (χ1) is 9.06. The molecule has 2 aromatic rings. The second-order valence-corrected chi connectivity index (χ2v) is 6.41. The van der Waals surface area contributed by atoms with Gasteiger partial charge in [-0.25, -0.2) is 4.98 Å². The molecule has 0 saturated heterocycles. The summed E-state index contributed by atoms with van der Waals surface area (Å²) in [5.74, 6) is -0.00143. The SMILES string of the molecule is Cc1nc(/C=C/C(=O)N(C)Cc2sccc2C)cs1. The fourth-order valence-electron chi connectivity index (χ4n) is 1.60. The van der Waals surface area contributed by atoms with E-state index in [0.29, 0.717) is 6.54 Å². The number of hydrogen-bond donors (Lipinski definition) is 0. The number of aryl methyl sites for hydroxylation is 2. The van der Waals surface area contributed by atoms with E-state index in [-0.39, 0.29) is 5.91 Å². The van der Waals surface area contributed by atoms with Crippen molar-refractivity contribution in [3.05, 3.63) is 44.0 Å². The predicted octanol–water partition coefficient (Wildman–Crippen LogP) is 3.49. The van der Waals surface area contributed by atoms with Crippen molar-refractivity contribution < 1.29 is 4.79 Å². The van der Waals surface area contributed by atoms with Crippen LogP contribution in [0.4, 0.5) is 0 Å². The van der Waals surface area contributed by atoms with Crippen molar-refractivity contribution in [1.82, 2.24) is 9.88 Å². The van der Waals surface area contributed by atoms with Crippen LogP contribution in [0.2, 0.25) is 0 Å². The normalized spacial score (nSPS) is 11.1. The van der Waals surface area contributed by atoms with Gasteiger partial charge in [0.2, 0.25) is 5.91 Å². The molecule has 0 aliphatic carbocycles. The zero-order chi connectivity index (χ0) is 13.8. The number of carbonyl (C=O) groups excluding carboxylic acids is 1. The van der Waals surface area contributed by atoms with Gasteiger partial charge in [0.15, 0.2) is 0 Å². The minimum Gasteiger partial charge on any atom is -0.337 e. The van der Waals surface area contributed by atoms with Crippen LogP contribution < -0.4 is 0 Å². The van der Waals surface area contributed by atoms with Crippen LogP contribution in [0.1, 0.15) is 21.1 Å². The summed E-state index contributed by atoms with van der Waals surface area (Å²) < 4.78 is 0. The molecular formula is C14H16N2OS2. The van der Waals surface area contributed by atoms with Gasteiger partial charge in [0.05, 0.1) is 17.2 Å². The van der Waals surface area contributed by atoms with E-state index in [1.54, 1.807) is 39.7 Å². The van der Waals surface area contributed by atoms with Crippen LogP contribution >= 0.6 is 22.7 Å². The molecule has 0 radical (unpaired) electrons. The minimum absolute atomic E-state index is 0.00143. The number of rotatable bonds is 4. The molecule has 1 amide bonds. The summed E-state index contributed by atoms with van der Waals surface area (Å²) >= 11 is 3.27. The summed E-state index contributed by atoms with van der Waals surface area (Å²) in [6.07, 6.45) is 3.35. The Kier molecular flexibility index (Phi) is 4.50. The first-order valence-electron chi connectivity index (χ1n) is 5.94. The van der Waals surface area contributed by atoms with Crippen LogP contribution in [0.15, 0.2) is 22.9 Å². The highest BCUT2D eigenvalue weighted by Crippen LogP contribution is 2.17. The third-order valence-electron chi connectivity index (χ3n) is 2.76. The number of amides is 1. The van der Waals surface area contributed by atoms with Gasteiger partial charge in [0.1, 0.15) is 0 Å². The Labute approximate surface area is 121 Å². The lowest BCUT2D eigenvalue weighted by Gasteiger charge is -2.14. The molecule has 0 N–H and O–H groups in total. The van der Waals surface area contributed by atoms with E-state index in [4.69, 9.17) is 0 Å². The van der Waals surface area contributed by atoms with Crippen molar-refractivity contribution in [3.63, 3.8) is 0 Å². The van der Waals surface area contributed by atoms with Crippen molar-refractivity contribution >= 4 is 34.7 Å². The number of thiazole rings is 1. The van der Waals surface area contributed by atoms with Crippen LogP contribution in [0, 0.1) is 13.8 Å². The number of thiophene rings is 1. The molecule has 19 heavy (non-hydrogen) atoms. The van der Waals surface area contributed by atoms with E-state index in [9.17, 15) is 4.79 Å². The highest BCUT2D eigenvalue weighted by Gasteiger charge is 2.08. The van der Waals surface area contributed by atoms with Gasteiger partial charge in [-0.15, -0.1) is 22.7 Å². The van der Waals surface area contributed by atoms with Crippen molar-refractivity contribution in [1.29, 1.82) is 0 Å². The molecule has 0 aliphatic rings. The number of hydrogen-bond acceptors (Lipinski definition) is 4. The summed E-state index contributed by atoms with van der Waals surface area (Å²) in [7, 11) is 1.82. The van der Waals surface area contributed by atoms with Crippen molar-refractivity contribution in [2.75, 3.05) is 7.05 Å². The smallest absolute Gasteiger partial charge is 0.246 e. The van der Waals surface area contributed by atoms with Crippen LogP contribution in [0.5, 0.6) is 0 Å². The molecule has 2 heterocycles. The average molecular weight is 292 g/mol. The van der Waals surface area contributed by atoms with Crippen molar-refractivity contribution in [3.8, 4) is 0 Å². The van der Waals surface area contributed by atoms with Gasteiger partial charge in [-0.2, -0.15) is 0 Å². The summed E-state index contributed by atoms with van der Waals surface area (Å²) in [5, 5.41) is 5.01. The molecule has 0 aromatic carbocycles. The topological polar surface area (TPSA) is 33.2 Å². The van der Waals surface area contributed by atoms with E-state index in [1.165, 1.54) is 10.4 Å². The molecule has 3 nitrogen and oxygen atoms in total. The maximum absolute atomic E-state index is 12.0. The molecule has 0 bridgehead atoms. The van der Waals surface area contributed by atoms with Crippen LogP contribution in [0.3, 0.4) is 0 Å². The number of carbonyl (C=O) groups is 1. The van der Waals surface area contributed by atoms with Gasteiger partial charge in [-0.3, -0.25) is 4.79 Å². The van der Waals surface area contributed by atoms with E-state index in [0.717, 1.165) is 10.7 Å². The quantitative estimate of drug-likeness (QED) is 0.808. The highest BCUT2D eigenvalue weighted by molar-refractivity contribution is 7.10. The van der Waals surface area contributed by atoms with Gasteiger partial charge in [0, 0.05) is 23.4 Å². The van der Waals surface area contributed by atoms with Crippen LogP contribution in [0.25, 0.3) is 6.08 Å². The minimum atomic E-state index is -0.00143. The highest BCUT2D eigenvalue weighted by atomic mass is 32.1. The molecule has 0 aliphatic heterocycles. The summed E-state index contributed by atoms with van der Waals surface area (Å²) in [6, 6.07) is 2.08. The number of aromatic nitrogens is 1. The first kappa shape index (κ1) is 14.0. The van der Waals surface area contributed by atoms with Crippen LogP contribution in [-0.2, 0) is 11.3 Å². The molecule has 2 rings (SSSR count). The van der Waals surface area contributed by atoms with Gasteiger partial charge in [0.25, 0.3) is 0 Å². The van der Waals surface area contributed by atoms with Gasteiger partial charge < -0.3 is 4.90 Å². The van der Waals surface area contributed by atoms with Crippen molar-refractivity contribution in [2.45, 2.75) is 20.4 Å². The molecular weight excluding hydrogens is 276 g/mol. The number of likely N-dealkylation sites (N-methyl/N-ethyl adjacent to an activating group) is 1. The lowest BCUT2D eigenvalue weighted by molar-refractivity contribution is -0.125. The maximum atomic E-state index is 12.0. The van der Waals surface area contributed by atoms with Gasteiger partial charge in [-0.05, 0) is 36.9 Å². The third kappa shape index (κ3) is 3.75. The van der Waals surface area contributed by atoms with Crippen molar-refractivity contribution in [2.24, 2.45) is 0 Å². The Morgan fingerprint density at radius 2 is 2.21 bits per heavy atom. The Morgan fingerprint density at radius 3 is 2.79 bits per heavy atom. The Morgan fingerprint density at radius 1 is 1.42 bits per heavy atom. The second kappa shape index (κ2) is 6.12. The third-order valence-corrected chi connectivity index (χ3v) is 4.56. The molecule has 0 fully saturated rings. The summed E-state index contributed by atoms with van der Waals surface area (Å²) in [4.78, 5) is 19.2. The second-order valence-electron chi connectivity index (χ2n) is 4.35. The zero-order valence-corrected chi connectivity index (χ0v) is 12.8. The Balaban J connectivity index is 1.96. The van der Waals surface area contributed by atoms with E-state index in [1.807, 2.05) is 19.4 Å². The largest absolute Gasteiger partial charge is 0.337 e. The molecule has 0 atom stereocenters. The van der Waals surface area contributed by atoms with E-state index in [2.05, 4.69) is 23.4 Å². The fraction of sp³-hybridized carbons (Fsp3) is 0.286.